The van der Waals surface area contributed by atoms with Crippen LogP contribution in [0.2, 0.25) is 0 Å². The molecule has 0 aromatic rings. The Morgan fingerprint density at radius 3 is 1.77 bits per heavy atom. The van der Waals surface area contributed by atoms with Gasteiger partial charge in [-0.2, -0.15) is 0 Å². The van der Waals surface area contributed by atoms with Gasteiger partial charge in [0.25, 0.3) is 0 Å². The van der Waals surface area contributed by atoms with Gasteiger partial charge >= 0.3 is 11.9 Å². The first-order valence-corrected chi connectivity index (χ1v) is 7.36. The van der Waals surface area contributed by atoms with Gasteiger partial charge in [-0.15, -0.1) is 24.8 Å². The fourth-order valence-electron chi connectivity index (χ4n) is 1.68. The van der Waals surface area contributed by atoms with Crippen molar-refractivity contribution in [2.75, 3.05) is 26.3 Å². The van der Waals surface area contributed by atoms with Crippen LogP contribution in [0.4, 0.5) is 0 Å². The molecule has 1 amide bonds. The summed E-state index contributed by atoms with van der Waals surface area (Å²) < 4.78 is 9.61. The molecule has 0 bridgehead atoms. The summed E-state index contributed by atoms with van der Waals surface area (Å²) in [6, 6.07) is 0. The van der Waals surface area contributed by atoms with E-state index in [-0.39, 0.29) is 26.3 Å². The normalized spacial score (nSPS) is 11.5. The Morgan fingerprint density at radius 2 is 1.45 bits per heavy atom. The molecule has 0 saturated carbocycles. The number of rotatable bonds is 10. The van der Waals surface area contributed by atoms with Crippen molar-refractivity contribution in [1.82, 2.24) is 4.90 Å². The van der Waals surface area contributed by atoms with Crippen LogP contribution in [0.5, 0.6) is 0 Å². The van der Waals surface area contributed by atoms with Crippen LogP contribution in [-0.4, -0.2) is 54.4 Å². The van der Waals surface area contributed by atoms with Gasteiger partial charge < -0.3 is 14.4 Å². The minimum absolute atomic E-state index is 0.0650. The van der Waals surface area contributed by atoms with Crippen LogP contribution in [0.25, 0.3) is 0 Å². The highest BCUT2D eigenvalue weighted by Gasteiger charge is 2.42. The third kappa shape index (κ3) is 5.89. The van der Waals surface area contributed by atoms with Crippen molar-refractivity contribution in [3.63, 3.8) is 0 Å². The lowest BCUT2D eigenvalue weighted by molar-refractivity contribution is -0.163. The number of alkyl halides is 1. The van der Waals surface area contributed by atoms with Gasteiger partial charge in [0, 0.05) is 13.1 Å². The highest BCUT2D eigenvalue weighted by Crippen LogP contribution is 2.18. The second kappa shape index (κ2) is 10.8. The number of nitrogens with zero attached hydrogens (tertiary/aromatic N) is 1. The monoisotopic (exact) mass is 331 g/mol. The van der Waals surface area contributed by atoms with Crippen molar-refractivity contribution in [2.24, 2.45) is 5.92 Å². The van der Waals surface area contributed by atoms with Crippen LogP contribution in [0.3, 0.4) is 0 Å². The zero-order valence-electron chi connectivity index (χ0n) is 12.9. The number of hydrogen-bond acceptors (Lipinski definition) is 5. The van der Waals surface area contributed by atoms with E-state index < -0.39 is 29.1 Å². The smallest absolute Gasteiger partial charge is 0.322 e. The summed E-state index contributed by atoms with van der Waals surface area (Å²) in [7, 11) is 0. The van der Waals surface area contributed by atoms with Crippen molar-refractivity contribution < 1.29 is 23.9 Å². The summed E-state index contributed by atoms with van der Waals surface area (Å²) in [5.74, 6) is -3.86. The molecule has 0 fully saturated rings. The first-order valence-electron chi connectivity index (χ1n) is 6.92. The molecule has 0 radical (unpaired) electrons. The number of halogens is 1. The molecule has 0 aliphatic heterocycles. The predicted molar refractivity (Wildman–Crippen MR) is 83.4 cm³/mol. The molecule has 0 rings (SSSR count). The van der Waals surface area contributed by atoms with E-state index in [1.54, 1.807) is 13.8 Å². The summed E-state index contributed by atoms with van der Waals surface area (Å²) in [5.41, 5.74) is 0. The number of carbonyl (C=O) groups excluding carboxylic acids is 3. The second-order valence-electron chi connectivity index (χ2n) is 4.20. The van der Waals surface area contributed by atoms with Gasteiger partial charge in [-0.3, -0.25) is 14.4 Å². The zero-order valence-corrected chi connectivity index (χ0v) is 13.7. The van der Waals surface area contributed by atoms with Crippen molar-refractivity contribution in [3.8, 4) is 0 Å². The molecule has 0 aliphatic rings. The molecule has 1 unspecified atom stereocenters. The van der Waals surface area contributed by atoms with Gasteiger partial charge in [0.05, 0.1) is 13.2 Å². The zero-order chi connectivity index (χ0) is 17.1. The Labute approximate surface area is 135 Å². The lowest BCUT2D eigenvalue weighted by Crippen LogP contribution is -2.46. The van der Waals surface area contributed by atoms with Crippen molar-refractivity contribution >= 4 is 29.4 Å². The SMILES string of the molecule is C=CCN(CC=C)C(=O)C(Cl)C(C(=O)OCC)C(=O)OCC. The topological polar surface area (TPSA) is 72.9 Å². The largest absolute Gasteiger partial charge is 0.465 e. The van der Waals surface area contributed by atoms with Gasteiger partial charge in [0.2, 0.25) is 5.91 Å². The molecular weight excluding hydrogens is 310 g/mol. The molecule has 6 nitrogen and oxygen atoms in total. The maximum absolute atomic E-state index is 12.4. The first kappa shape index (κ1) is 20.2. The lowest BCUT2D eigenvalue weighted by atomic mass is 10.0. The predicted octanol–water partition coefficient (Wildman–Crippen LogP) is 1.54. The van der Waals surface area contributed by atoms with Crippen molar-refractivity contribution in [1.29, 1.82) is 0 Å². The minimum Gasteiger partial charge on any atom is -0.465 e. The molecule has 0 aromatic heterocycles. The Hall–Kier alpha value is -1.82. The van der Waals surface area contributed by atoms with E-state index in [0.717, 1.165) is 0 Å². The average molecular weight is 332 g/mol. The molecule has 0 saturated heterocycles. The van der Waals surface area contributed by atoms with Crippen LogP contribution in [0.1, 0.15) is 13.8 Å². The van der Waals surface area contributed by atoms with E-state index in [9.17, 15) is 14.4 Å². The molecule has 22 heavy (non-hydrogen) atoms. The molecule has 7 heteroatoms. The highest BCUT2D eigenvalue weighted by molar-refractivity contribution is 6.34. The Morgan fingerprint density at radius 1 is 1.05 bits per heavy atom. The van der Waals surface area contributed by atoms with Crippen LogP contribution < -0.4 is 0 Å². The highest BCUT2D eigenvalue weighted by atomic mass is 35.5. The molecule has 0 aliphatic carbocycles. The first-order chi connectivity index (χ1) is 10.4. The molecule has 1 atom stereocenters. The molecule has 0 spiro atoms. The number of amides is 1. The fourth-order valence-corrected chi connectivity index (χ4v) is 2.03. The quantitative estimate of drug-likeness (QED) is 0.263. The number of esters is 2. The summed E-state index contributed by atoms with van der Waals surface area (Å²) in [6.45, 7) is 10.8. The van der Waals surface area contributed by atoms with E-state index >= 15 is 0 Å². The number of carbonyl (C=O) groups is 3. The van der Waals surface area contributed by atoms with Crippen LogP contribution in [0.15, 0.2) is 25.3 Å². The van der Waals surface area contributed by atoms with Gasteiger partial charge in [0.1, 0.15) is 5.38 Å². The standard InChI is InChI=1S/C15H22ClNO5/c1-5-9-17(10-6-2)13(18)12(16)11(14(19)21-7-3)15(20)22-8-4/h5-6,11-12H,1-2,7-10H2,3-4H3. The summed E-state index contributed by atoms with van der Waals surface area (Å²) in [6.07, 6.45) is 3.02. The van der Waals surface area contributed by atoms with Gasteiger partial charge in [-0.25, -0.2) is 0 Å². The van der Waals surface area contributed by atoms with E-state index in [4.69, 9.17) is 21.1 Å². The van der Waals surface area contributed by atoms with Gasteiger partial charge in [-0.1, -0.05) is 12.2 Å². The summed E-state index contributed by atoms with van der Waals surface area (Å²) in [4.78, 5) is 37.5. The third-order valence-electron chi connectivity index (χ3n) is 2.62. The summed E-state index contributed by atoms with van der Waals surface area (Å²) >= 11 is 6.06. The van der Waals surface area contributed by atoms with E-state index in [0.29, 0.717) is 0 Å². The van der Waals surface area contributed by atoms with E-state index in [1.165, 1.54) is 17.1 Å². The fraction of sp³-hybridized carbons (Fsp3) is 0.533. The molecule has 124 valence electrons. The van der Waals surface area contributed by atoms with Crippen LogP contribution in [0, 0.1) is 5.92 Å². The van der Waals surface area contributed by atoms with E-state index in [1.807, 2.05) is 0 Å². The average Bonchev–Trinajstić information content (AvgIpc) is 2.47. The Balaban J connectivity index is 5.29. The molecule has 0 aromatic carbocycles. The number of ether oxygens (including phenoxy) is 2. The lowest BCUT2D eigenvalue weighted by Gasteiger charge is -2.25. The number of hydrogen-bond donors (Lipinski definition) is 0. The van der Waals surface area contributed by atoms with Gasteiger partial charge in [-0.05, 0) is 13.8 Å². The molecule has 0 N–H and O–H groups in total. The van der Waals surface area contributed by atoms with Gasteiger partial charge in [0.15, 0.2) is 5.92 Å². The maximum Gasteiger partial charge on any atom is 0.322 e. The minimum atomic E-state index is -1.51. The van der Waals surface area contributed by atoms with Crippen molar-refractivity contribution in [3.05, 3.63) is 25.3 Å². The maximum atomic E-state index is 12.4. The second-order valence-corrected chi connectivity index (χ2v) is 4.67. The van der Waals surface area contributed by atoms with Crippen molar-refractivity contribution in [2.45, 2.75) is 19.2 Å². The summed E-state index contributed by atoms with van der Waals surface area (Å²) in [5, 5.41) is -1.42. The molecular formula is C15H22ClNO5. The van der Waals surface area contributed by atoms with Crippen LogP contribution in [-0.2, 0) is 23.9 Å². The van der Waals surface area contributed by atoms with E-state index in [2.05, 4.69) is 13.2 Å². The van der Waals surface area contributed by atoms with Crippen LogP contribution >= 0.6 is 11.6 Å². The molecule has 0 heterocycles. The third-order valence-corrected chi connectivity index (χ3v) is 3.06. The Bertz CT molecular complexity index is 396. The Kier molecular flexibility index (Phi) is 9.95.